The molecule has 0 unspecified atom stereocenters. The molecule has 0 radical (unpaired) electrons. The predicted molar refractivity (Wildman–Crippen MR) is 112 cm³/mol. The number of nitrogens with zero attached hydrogens (tertiary/aromatic N) is 5. The van der Waals surface area contributed by atoms with Crippen LogP contribution in [0, 0.1) is 0 Å². The number of carbonyl (C=O) groups is 1. The minimum Gasteiger partial charge on any atom is -0.355 e. The lowest BCUT2D eigenvalue weighted by atomic mass is 10.2. The molecule has 30 heavy (non-hydrogen) atoms. The fourth-order valence-corrected chi connectivity index (χ4v) is 6.18. The lowest BCUT2D eigenvalue weighted by Crippen LogP contribution is -2.50. The summed E-state index contributed by atoms with van der Waals surface area (Å²) in [5.74, 6) is 0.268. The normalized spacial score (nSPS) is 15.7. The first-order valence-corrected chi connectivity index (χ1v) is 12.1. The van der Waals surface area contributed by atoms with Crippen LogP contribution in [0.25, 0.3) is 21.7 Å². The molecule has 154 valence electrons. The third-order valence-electron chi connectivity index (χ3n) is 4.89. The molecule has 1 aliphatic rings. The van der Waals surface area contributed by atoms with Crippen molar-refractivity contribution in [1.82, 2.24) is 23.1 Å². The summed E-state index contributed by atoms with van der Waals surface area (Å²) in [7, 11) is -3.73. The van der Waals surface area contributed by atoms with E-state index in [0.29, 0.717) is 16.8 Å². The molecule has 4 heterocycles. The van der Waals surface area contributed by atoms with E-state index in [9.17, 15) is 13.2 Å². The number of sulfonamides is 1. The largest absolute Gasteiger partial charge is 0.355 e. The van der Waals surface area contributed by atoms with E-state index in [1.807, 2.05) is 17.5 Å². The van der Waals surface area contributed by atoms with Crippen LogP contribution in [-0.2, 0) is 10.0 Å². The number of piperazine rings is 1. The monoisotopic (exact) mass is 461 g/mol. The van der Waals surface area contributed by atoms with Gasteiger partial charge in [0.15, 0.2) is 11.5 Å². The average molecular weight is 462 g/mol. The molecule has 3 aromatic heterocycles. The van der Waals surface area contributed by atoms with Crippen LogP contribution in [-0.4, -0.2) is 63.6 Å². The van der Waals surface area contributed by atoms with Crippen molar-refractivity contribution in [2.45, 2.75) is 4.90 Å². The van der Waals surface area contributed by atoms with Gasteiger partial charge in [0, 0.05) is 32.2 Å². The van der Waals surface area contributed by atoms with Crippen molar-refractivity contribution in [1.29, 1.82) is 0 Å². The number of hydrogen-bond acceptors (Lipinski definition) is 9. The molecule has 1 aliphatic heterocycles. The van der Waals surface area contributed by atoms with Crippen LogP contribution in [0.15, 0.2) is 51.2 Å². The number of hydrogen-bond donors (Lipinski definition) is 0. The minimum absolute atomic E-state index is 0.144. The van der Waals surface area contributed by atoms with Crippen LogP contribution < -0.4 is 0 Å². The summed E-state index contributed by atoms with van der Waals surface area (Å²) in [5.41, 5.74) is 1.15. The summed E-state index contributed by atoms with van der Waals surface area (Å²) < 4.78 is 41.1. The second-order valence-corrected chi connectivity index (χ2v) is 10.0. The van der Waals surface area contributed by atoms with Crippen LogP contribution in [0.3, 0.4) is 0 Å². The summed E-state index contributed by atoms with van der Waals surface area (Å²) in [6, 6.07) is 10.3. The lowest BCUT2D eigenvalue weighted by Gasteiger charge is -2.33. The van der Waals surface area contributed by atoms with Crippen molar-refractivity contribution in [3.63, 3.8) is 0 Å². The number of thiophene rings is 1. The van der Waals surface area contributed by atoms with Crippen LogP contribution >= 0.6 is 23.1 Å². The zero-order chi connectivity index (χ0) is 20.7. The van der Waals surface area contributed by atoms with Crippen LogP contribution in [0.1, 0.15) is 10.5 Å². The van der Waals surface area contributed by atoms with E-state index in [4.69, 9.17) is 4.52 Å². The van der Waals surface area contributed by atoms with Gasteiger partial charge < -0.3 is 9.42 Å². The van der Waals surface area contributed by atoms with Gasteiger partial charge >= 0.3 is 0 Å². The van der Waals surface area contributed by atoms with Gasteiger partial charge in [0.05, 0.1) is 16.6 Å². The van der Waals surface area contributed by atoms with Gasteiger partial charge in [-0.25, -0.2) is 8.42 Å². The Bertz CT molecular complexity index is 1300. The van der Waals surface area contributed by atoms with Gasteiger partial charge in [-0.2, -0.15) is 13.1 Å². The Morgan fingerprint density at radius 2 is 1.90 bits per heavy atom. The molecule has 1 aromatic carbocycles. The number of aromatic nitrogens is 3. The highest BCUT2D eigenvalue weighted by Crippen LogP contribution is 2.27. The first kappa shape index (κ1) is 19.3. The Morgan fingerprint density at radius 3 is 2.67 bits per heavy atom. The first-order valence-electron chi connectivity index (χ1n) is 9.05. The highest BCUT2D eigenvalue weighted by molar-refractivity contribution is 7.89. The summed E-state index contributed by atoms with van der Waals surface area (Å²) >= 11 is 2.48. The maximum Gasteiger partial charge on any atom is 0.276 e. The molecule has 0 bridgehead atoms. The van der Waals surface area contributed by atoms with E-state index in [1.165, 1.54) is 21.7 Å². The second-order valence-electron chi connectivity index (χ2n) is 6.64. The topological polar surface area (TPSA) is 110 Å². The van der Waals surface area contributed by atoms with Crippen LogP contribution in [0.2, 0.25) is 0 Å². The molecule has 0 atom stereocenters. The molecule has 1 amide bonds. The fraction of sp³-hybridized carbons (Fsp3) is 0.222. The SMILES string of the molecule is O=C(c1cc(-c2cccs2)on1)N1CCN(S(=O)(=O)c2cccc3nsnc23)CC1. The molecule has 1 fully saturated rings. The van der Waals surface area contributed by atoms with Crippen molar-refractivity contribution >= 4 is 50.0 Å². The average Bonchev–Trinajstić information content (AvgIpc) is 3.53. The van der Waals surface area contributed by atoms with Crippen molar-refractivity contribution < 1.29 is 17.7 Å². The smallest absolute Gasteiger partial charge is 0.276 e. The van der Waals surface area contributed by atoms with Gasteiger partial charge in [0.25, 0.3) is 5.91 Å². The Labute approximate surface area is 179 Å². The number of amides is 1. The Balaban J connectivity index is 1.30. The summed E-state index contributed by atoms with van der Waals surface area (Å²) in [6.45, 7) is 0.921. The quantitative estimate of drug-likeness (QED) is 0.459. The maximum atomic E-state index is 13.1. The highest BCUT2D eigenvalue weighted by Gasteiger charge is 2.33. The second kappa shape index (κ2) is 7.54. The molecule has 9 nitrogen and oxygen atoms in total. The molecular formula is C18H15N5O4S3. The van der Waals surface area contributed by atoms with E-state index in [0.717, 1.165) is 16.6 Å². The number of fused-ring (bicyclic) bond motifs is 1. The Kier molecular flexibility index (Phi) is 4.85. The van der Waals surface area contributed by atoms with Gasteiger partial charge in [-0.3, -0.25) is 4.79 Å². The fourth-order valence-electron chi connectivity index (χ4n) is 3.33. The maximum absolute atomic E-state index is 13.1. The van der Waals surface area contributed by atoms with E-state index in [1.54, 1.807) is 23.1 Å². The molecule has 0 aliphatic carbocycles. The van der Waals surface area contributed by atoms with Crippen molar-refractivity contribution in [2.24, 2.45) is 0 Å². The number of rotatable bonds is 4. The summed E-state index contributed by atoms with van der Waals surface area (Å²) in [5, 5.41) is 5.80. The highest BCUT2D eigenvalue weighted by atomic mass is 32.2. The zero-order valence-corrected chi connectivity index (χ0v) is 17.9. The molecule has 12 heteroatoms. The molecule has 4 aromatic rings. The van der Waals surface area contributed by atoms with E-state index >= 15 is 0 Å². The van der Waals surface area contributed by atoms with E-state index in [2.05, 4.69) is 13.9 Å². The third-order valence-corrected chi connectivity index (χ3v) is 8.24. The Morgan fingerprint density at radius 1 is 1.07 bits per heavy atom. The summed E-state index contributed by atoms with van der Waals surface area (Å²) in [6.07, 6.45) is 0. The number of carbonyl (C=O) groups excluding carboxylic acids is 1. The van der Waals surface area contributed by atoms with Gasteiger partial charge in [-0.15, -0.1) is 11.3 Å². The molecule has 5 rings (SSSR count). The van der Waals surface area contributed by atoms with Crippen molar-refractivity contribution in [3.05, 3.63) is 47.5 Å². The molecule has 0 spiro atoms. The van der Waals surface area contributed by atoms with E-state index in [-0.39, 0.29) is 42.7 Å². The minimum atomic E-state index is -3.73. The molecule has 0 saturated carbocycles. The zero-order valence-electron chi connectivity index (χ0n) is 15.5. The molecule has 1 saturated heterocycles. The first-order chi connectivity index (χ1) is 14.5. The van der Waals surface area contributed by atoms with Gasteiger partial charge in [-0.1, -0.05) is 17.3 Å². The molecular weight excluding hydrogens is 446 g/mol. The van der Waals surface area contributed by atoms with Crippen LogP contribution in [0.4, 0.5) is 0 Å². The van der Waals surface area contributed by atoms with Crippen molar-refractivity contribution in [3.8, 4) is 10.6 Å². The van der Waals surface area contributed by atoms with Gasteiger partial charge in [0.1, 0.15) is 15.9 Å². The molecule has 0 N–H and O–H groups in total. The lowest BCUT2D eigenvalue weighted by molar-refractivity contribution is 0.0687. The van der Waals surface area contributed by atoms with Crippen LogP contribution in [0.5, 0.6) is 0 Å². The summed E-state index contributed by atoms with van der Waals surface area (Å²) in [4.78, 5) is 15.4. The predicted octanol–water partition coefficient (Wildman–Crippen LogP) is 2.55. The standard InChI is InChI=1S/C18H15N5O4S3/c24-18(13-11-14(27-19-13)15-4-2-10-28-15)22-6-8-23(9-7-22)30(25,26)16-5-1-3-12-17(16)21-29-20-12/h1-5,10-11H,6-9H2. The Hall–Kier alpha value is -2.67. The van der Waals surface area contributed by atoms with Crippen molar-refractivity contribution in [2.75, 3.05) is 26.2 Å². The van der Waals surface area contributed by atoms with Gasteiger partial charge in [0.2, 0.25) is 10.0 Å². The third kappa shape index (κ3) is 3.31. The van der Waals surface area contributed by atoms with E-state index < -0.39 is 10.0 Å². The number of benzene rings is 1. The van der Waals surface area contributed by atoms with Gasteiger partial charge in [-0.05, 0) is 23.6 Å².